The van der Waals surface area contributed by atoms with E-state index in [0.29, 0.717) is 19.4 Å². The molecule has 6 heteroatoms. The molecular formula is C34H65NO5. The molecule has 236 valence electrons. The van der Waals surface area contributed by atoms with Crippen molar-refractivity contribution in [1.29, 1.82) is 0 Å². The minimum atomic E-state index is -0.0318. The molecule has 0 amide bonds. The van der Waals surface area contributed by atoms with Crippen LogP contribution in [0.2, 0.25) is 0 Å². The van der Waals surface area contributed by atoms with E-state index in [2.05, 4.69) is 18.7 Å². The van der Waals surface area contributed by atoms with Crippen LogP contribution in [-0.2, 0) is 19.1 Å². The van der Waals surface area contributed by atoms with Crippen LogP contribution in [0.3, 0.4) is 0 Å². The molecule has 1 aliphatic rings. The van der Waals surface area contributed by atoms with Gasteiger partial charge < -0.3 is 19.5 Å². The number of aliphatic hydroxyl groups is 1. The summed E-state index contributed by atoms with van der Waals surface area (Å²) in [5.41, 5.74) is 0. The summed E-state index contributed by atoms with van der Waals surface area (Å²) in [4.78, 5) is 26.4. The van der Waals surface area contributed by atoms with E-state index in [-0.39, 0.29) is 24.6 Å². The average molecular weight is 568 g/mol. The number of aliphatic hydroxyl groups excluding tert-OH is 1. The minimum Gasteiger partial charge on any atom is -0.466 e. The monoisotopic (exact) mass is 567 g/mol. The van der Waals surface area contributed by atoms with Crippen LogP contribution in [0.5, 0.6) is 0 Å². The normalized spacial score (nSPS) is 17.3. The summed E-state index contributed by atoms with van der Waals surface area (Å²) in [6, 6.07) is 0. The van der Waals surface area contributed by atoms with E-state index >= 15 is 0 Å². The number of ether oxygens (including phenoxy) is 2. The van der Waals surface area contributed by atoms with Crippen molar-refractivity contribution in [3.8, 4) is 0 Å². The van der Waals surface area contributed by atoms with Crippen LogP contribution in [0.25, 0.3) is 0 Å². The Morgan fingerprint density at radius 2 is 1.20 bits per heavy atom. The Labute approximate surface area is 247 Å². The van der Waals surface area contributed by atoms with Gasteiger partial charge in [-0.25, -0.2) is 0 Å². The van der Waals surface area contributed by atoms with Crippen LogP contribution in [-0.4, -0.2) is 60.9 Å². The summed E-state index contributed by atoms with van der Waals surface area (Å²) < 4.78 is 11.0. The van der Waals surface area contributed by atoms with Crippen molar-refractivity contribution >= 4 is 11.9 Å². The van der Waals surface area contributed by atoms with Crippen molar-refractivity contribution < 1.29 is 24.2 Å². The number of unbranched alkanes of at least 4 members (excludes halogenated alkanes) is 12. The molecule has 0 aromatic heterocycles. The van der Waals surface area contributed by atoms with Crippen molar-refractivity contribution in [2.45, 2.75) is 168 Å². The summed E-state index contributed by atoms with van der Waals surface area (Å²) in [5, 5.41) is 9.44. The van der Waals surface area contributed by atoms with Crippen molar-refractivity contribution in [2.75, 3.05) is 32.8 Å². The van der Waals surface area contributed by atoms with E-state index in [9.17, 15) is 14.7 Å². The highest BCUT2D eigenvalue weighted by molar-refractivity contribution is 5.69. The molecule has 0 atom stereocenters. The molecule has 0 radical (unpaired) electrons. The predicted molar refractivity (Wildman–Crippen MR) is 165 cm³/mol. The molecule has 0 aromatic carbocycles. The van der Waals surface area contributed by atoms with Gasteiger partial charge in [-0.1, -0.05) is 90.9 Å². The van der Waals surface area contributed by atoms with E-state index in [4.69, 9.17) is 9.47 Å². The van der Waals surface area contributed by atoms with Crippen molar-refractivity contribution in [2.24, 2.45) is 5.92 Å². The number of hydrogen-bond acceptors (Lipinski definition) is 6. The summed E-state index contributed by atoms with van der Waals surface area (Å²) in [5.74, 6) is 0.799. The van der Waals surface area contributed by atoms with Gasteiger partial charge >= 0.3 is 11.9 Å². The molecule has 0 bridgehead atoms. The van der Waals surface area contributed by atoms with Crippen molar-refractivity contribution in [3.05, 3.63) is 0 Å². The molecule has 1 fully saturated rings. The highest BCUT2D eigenvalue weighted by atomic mass is 16.5. The lowest BCUT2D eigenvalue weighted by Crippen LogP contribution is -2.29. The van der Waals surface area contributed by atoms with Gasteiger partial charge in [0.05, 0.1) is 13.2 Å². The van der Waals surface area contributed by atoms with Crippen molar-refractivity contribution in [3.63, 3.8) is 0 Å². The molecule has 0 aromatic rings. The Kier molecular flexibility index (Phi) is 24.7. The van der Waals surface area contributed by atoms with Gasteiger partial charge in [-0.05, 0) is 76.8 Å². The van der Waals surface area contributed by atoms with Gasteiger partial charge in [0.25, 0.3) is 0 Å². The van der Waals surface area contributed by atoms with Crippen LogP contribution in [0.4, 0.5) is 0 Å². The molecule has 1 aliphatic carbocycles. The number of hydrogen-bond donors (Lipinski definition) is 1. The lowest BCUT2D eigenvalue weighted by atomic mass is 9.84. The third-order valence-corrected chi connectivity index (χ3v) is 8.45. The molecular weight excluding hydrogens is 502 g/mol. The van der Waals surface area contributed by atoms with E-state index < -0.39 is 0 Å². The summed E-state index contributed by atoms with van der Waals surface area (Å²) in [6.07, 6.45) is 25.4. The molecule has 40 heavy (non-hydrogen) atoms. The zero-order valence-corrected chi connectivity index (χ0v) is 26.5. The lowest BCUT2D eigenvalue weighted by molar-refractivity contribution is -0.151. The number of esters is 2. The fourth-order valence-corrected chi connectivity index (χ4v) is 5.81. The third-order valence-electron chi connectivity index (χ3n) is 8.45. The topological polar surface area (TPSA) is 76.1 Å². The number of carbonyl (C=O) groups excluding carboxylic acids is 2. The summed E-state index contributed by atoms with van der Waals surface area (Å²) in [7, 11) is 0. The molecule has 1 rings (SSSR count). The SMILES string of the molecule is CCCCCCOC(=O)CCCCCCCCCN(CCO)CCCCCC(=O)OC1CCC(CCCC)CC1. The van der Waals surface area contributed by atoms with Crippen LogP contribution in [0.15, 0.2) is 0 Å². The minimum absolute atomic E-state index is 0.0121. The first-order chi connectivity index (χ1) is 19.6. The van der Waals surface area contributed by atoms with E-state index in [1.54, 1.807) is 0 Å². The quantitative estimate of drug-likeness (QED) is 0.0793. The standard InChI is InChI=1S/C34H65NO5/c1-3-5-7-18-30-39-33(37)20-14-11-9-8-10-12-16-26-35(28-29-36)27-17-13-15-21-34(38)40-32-24-22-31(23-25-32)19-6-4-2/h31-32,36H,3-30H2,1-2H3. The Morgan fingerprint density at radius 3 is 1.82 bits per heavy atom. The third kappa shape index (κ3) is 21.6. The lowest BCUT2D eigenvalue weighted by Gasteiger charge is -2.28. The number of nitrogens with zero attached hydrogens (tertiary/aromatic N) is 1. The first-order valence-corrected chi connectivity index (χ1v) is 17.3. The summed E-state index contributed by atoms with van der Waals surface area (Å²) in [6.45, 7) is 7.99. The molecule has 0 heterocycles. The van der Waals surface area contributed by atoms with E-state index in [0.717, 1.165) is 89.8 Å². The van der Waals surface area contributed by atoms with Crippen LogP contribution < -0.4 is 0 Å². The zero-order chi connectivity index (χ0) is 29.1. The molecule has 6 nitrogen and oxygen atoms in total. The fourth-order valence-electron chi connectivity index (χ4n) is 5.81. The van der Waals surface area contributed by atoms with E-state index in [1.165, 1.54) is 70.6 Å². The van der Waals surface area contributed by atoms with E-state index in [1.807, 2.05) is 0 Å². The van der Waals surface area contributed by atoms with Crippen LogP contribution >= 0.6 is 0 Å². The molecule has 0 spiro atoms. The smallest absolute Gasteiger partial charge is 0.306 e. The first-order valence-electron chi connectivity index (χ1n) is 17.3. The second-order valence-corrected chi connectivity index (χ2v) is 12.2. The van der Waals surface area contributed by atoms with Gasteiger partial charge in [0.2, 0.25) is 0 Å². The first kappa shape index (κ1) is 36.9. The highest BCUT2D eigenvalue weighted by Crippen LogP contribution is 2.30. The molecule has 0 unspecified atom stereocenters. The fraction of sp³-hybridized carbons (Fsp3) is 0.941. The van der Waals surface area contributed by atoms with Gasteiger partial charge in [-0.3, -0.25) is 9.59 Å². The molecule has 1 saturated carbocycles. The van der Waals surface area contributed by atoms with Gasteiger partial charge in [0.15, 0.2) is 0 Å². The number of rotatable bonds is 27. The maximum absolute atomic E-state index is 12.3. The van der Waals surface area contributed by atoms with Gasteiger partial charge in [0, 0.05) is 19.4 Å². The maximum atomic E-state index is 12.3. The van der Waals surface area contributed by atoms with Crippen LogP contribution in [0.1, 0.15) is 162 Å². The molecule has 1 N–H and O–H groups in total. The van der Waals surface area contributed by atoms with Gasteiger partial charge in [-0.2, -0.15) is 0 Å². The highest BCUT2D eigenvalue weighted by Gasteiger charge is 2.23. The summed E-state index contributed by atoms with van der Waals surface area (Å²) >= 11 is 0. The Morgan fingerprint density at radius 1 is 0.650 bits per heavy atom. The molecule has 0 aliphatic heterocycles. The zero-order valence-electron chi connectivity index (χ0n) is 26.5. The van der Waals surface area contributed by atoms with Crippen LogP contribution in [0, 0.1) is 5.92 Å². The Bertz CT molecular complexity index is 591. The maximum Gasteiger partial charge on any atom is 0.306 e. The largest absolute Gasteiger partial charge is 0.466 e. The predicted octanol–water partition coefficient (Wildman–Crippen LogP) is 8.38. The van der Waals surface area contributed by atoms with Gasteiger partial charge in [-0.15, -0.1) is 0 Å². The molecule has 0 saturated heterocycles. The Hall–Kier alpha value is -1.14. The second-order valence-electron chi connectivity index (χ2n) is 12.2. The Balaban J connectivity index is 1.95. The number of carbonyl (C=O) groups is 2. The van der Waals surface area contributed by atoms with Crippen molar-refractivity contribution in [1.82, 2.24) is 4.90 Å². The van der Waals surface area contributed by atoms with Gasteiger partial charge in [0.1, 0.15) is 6.10 Å². The average Bonchev–Trinajstić information content (AvgIpc) is 2.95. The second kappa shape index (κ2) is 26.7.